The SMILES string of the molecule is N#C/C(C=O)=C\Nc1cc2c3c(cccc3c1)NC2=O. The molecular weight excluding hydrogens is 254 g/mol. The molecule has 0 radical (unpaired) electrons. The summed E-state index contributed by atoms with van der Waals surface area (Å²) in [5.41, 5.74) is 2.02. The highest BCUT2D eigenvalue weighted by atomic mass is 16.1. The number of nitrogens with one attached hydrogen (secondary N) is 2. The van der Waals surface area contributed by atoms with E-state index in [4.69, 9.17) is 5.26 Å². The monoisotopic (exact) mass is 263 g/mol. The molecule has 96 valence electrons. The second-order valence-corrected chi connectivity index (χ2v) is 4.36. The van der Waals surface area contributed by atoms with Crippen LogP contribution in [-0.2, 0) is 4.79 Å². The van der Waals surface area contributed by atoms with Gasteiger partial charge in [0.2, 0.25) is 0 Å². The summed E-state index contributed by atoms with van der Waals surface area (Å²) < 4.78 is 0. The lowest BCUT2D eigenvalue weighted by Crippen LogP contribution is -2.04. The second kappa shape index (κ2) is 4.52. The van der Waals surface area contributed by atoms with Gasteiger partial charge in [0.05, 0.1) is 5.56 Å². The number of benzene rings is 2. The fourth-order valence-electron chi connectivity index (χ4n) is 2.24. The fourth-order valence-corrected chi connectivity index (χ4v) is 2.24. The molecule has 0 atom stereocenters. The van der Waals surface area contributed by atoms with Crippen molar-refractivity contribution in [3.8, 4) is 6.07 Å². The van der Waals surface area contributed by atoms with Gasteiger partial charge < -0.3 is 10.6 Å². The number of allylic oxidation sites excluding steroid dienone is 1. The molecule has 2 aromatic rings. The molecule has 2 N–H and O–H groups in total. The van der Waals surface area contributed by atoms with Gasteiger partial charge in [0.25, 0.3) is 5.91 Å². The van der Waals surface area contributed by atoms with Crippen LogP contribution in [0.1, 0.15) is 10.4 Å². The Kier molecular flexibility index (Phi) is 2.70. The number of nitriles is 1. The zero-order chi connectivity index (χ0) is 14.1. The predicted octanol–water partition coefficient (Wildman–Crippen LogP) is 2.42. The van der Waals surface area contributed by atoms with Crippen molar-refractivity contribution in [1.82, 2.24) is 0 Å². The standard InChI is InChI=1S/C15H9N3O2/c16-6-9(8-19)7-17-11-4-10-2-1-3-13-14(10)12(5-11)15(20)18-13/h1-5,7-8,17H,(H,18,20)/b9-7+. The first kappa shape index (κ1) is 11.9. The Morgan fingerprint density at radius 1 is 1.35 bits per heavy atom. The molecule has 0 saturated carbocycles. The van der Waals surface area contributed by atoms with Crippen LogP contribution in [0.2, 0.25) is 0 Å². The summed E-state index contributed by atoms with van der Waals surface area (Å²) in [6.07, 6.45) is 1.79. The normalized spacial score (nSPS) is 12.9. The van der Waals surface area contributed by atoms with E-state index in [9.17, 15) is 9.59 Å². The van der Waals surface area contributed by atoms with Gasteiger partial charge in [0.1, 0.15) is 11.6 Å². The van der Waals surface area contributed by atoms with E-state index in [1.807, 2.05) is 24.3 Å². The average molecular weight is 263 g/mol. The van der Waals surface area contributed by atoms with Gasteiger partial charge in [0.15, 0.2) is 6.29 Å². The zero-order valence-corrected chi connectivity index (χ0v) is 10.3. The summed E-state index contributed by atoms with van der Waals surface area (Å²) in [7, 11) is 0. The van der Waals surface area contributed by atoms with Crippen LogP contribution in [0, 0.1) is 11.3 Å². The van der Waals surface area contributed by atoms with E-state index in [0.29, 0.717) is 17.5 Å². The van der Waals surface area contributed by atoms with Crippen LogP contribution >= 0.6 is 0 Å². The molecule has 0 bridgehead atoms. The minimum absolute atomic E-state index is 0.0141. The smallest absolute Gasteiger partial charge is 0.256 e. The quantitative estimate of drug-likeness (QED) is 0.506. The van der Waals surface area contributed by atoms with Crippen LogP contribution < -0.4 is 10.6 Å². The zero-order valence-electron chi connectivity index (χ0n) is 10.3. The summed E-state index contributed by atoms with van der Waals surface area (Å²) in [5.74, 6) is -0.153. The fraction of sp³-hybridized carbons (Fsp3) is 0. The summed E-state index contributed by atoms with van der Waals surface area (Å²) in [6, 6.07) is 10.9. The lowest BCUT2D eigenvalue weighted by molar-refractivity contribution is -0.104. The first-order valence-electron chi connectivity index (χ1n) is 5.93. The molecule has 5 nitrogen and oxygen atoms in total. The van der Waals surface area contributed by atoms with Crippen molar-refractivity contribution >= 4 is 34.3 Å². The largest absolute Gasteiger partial charge is 0.360 e. The third-order valence-corrected chi connectivity index (χ3v) is 3.12. The first-order valence-corrected chi connectivity index (χ1v) is 5.93. The third-order valence-electron chi connectivity index (χ3n) is 3.12. The number of hydrogen-bond acceptors (Lipinski definition) is 4. The van der Waals surface area contributed by atoms with Crippen molar-refractivity contribution in [3.63, 3.8) is 0 Å². The third kappa shape index (κ3) is 1.80. The average Bonchev–Trinajstić information content (AvgIpc) is 2.78. The molecule has 1 aliphatic rings. The van der Waals surface area contributed by atoms with Crippen molar-refractivity contribution in [2.45, 2.75) is 0 Å². The lowest BCUT2D eigenvalue weighted by atomic mass is 10.0. The Morgan fingerprint density at radius 2 is 2.20 bits per heavy atom. The highest BCUT2D eigenvalue weighted by Gasteiger charge is 2.21. The molecule has 0 saturated heterocycles. The number of carbonyl (C=O) groups is 2. The Labute approximate surface area is 114 Å². The number of anilines is 2. The molecule has 0 aromatic heterocycles. The molecule has 1 aliphatic heterocycles. The van der Waals surface area contributed by atoms with E-state index in [0.717, 1.165) is 16.5 Å². The van der Waals surface area contributed by atoms with Gasteiger partial charge in [-0.1, -0.05) is 12.1 Å². The van der Waals surface area contributed by atoms with Gasteiger partial charge in [-0.25, -0.2) is 0 Å². The van der Waals surface area contributed by atoms with Crippen molar-refractivity contribution in [1.29, 1.82) is 5.26 Å². The van der Waals surface area contributed by atoms with Crippen LogP contribution in [0.15, 0.2) is 42.1 Å². The van der Waals surface area contributed by atoms with Gasteiger partial charge in [-0.2, -0.15) is 5.26 Å². The van der Waals surface area contributed by atoms with Crippen molar-refractivity contribution < 1.29 is 9.59 Å². The van der Waals surface area contributed by atoms with Crippen LogP contribution in [-0.4, -0.2) is 12.2 Å². The van der Waals surface area contributed by atoms with Crippen LogP contribution in [0.5, 0.6) is 0 Å². The van der Waals surface area contributed by atoms with Gasteiger partial charge in [-0.3, -0.25) is 9.59 Å². The molecule has 20 heavy (non-hydrogen) atoms. The predicted molar refractivity (Wildman–Crippen MR) is 75.3 cm³/mol. The van der Waals surface area contributed by atoms with Crippen molar-refractivity contribution in [2.75, 3.05) is 10.6 Å². The Morgan fingerprint density at radius 3 is 2.95 bits per heavy atom. The van der Waals surface area contributed by atoms with E-state index < -0.39 is 0 Å². The topological polar surface area (TPSA) is 82.0 Å². The number of amides is 1. The minimum atomic E-state index is -0.153. The van der Waals surface area contributed by atoms with Gasteiger partial charge in [-0.05, 0) is 23.6 Å². The van der Waals surface area contributed by atoms with Crippen molar-refractivity contribution in [2.24, 2.45) is 0 Å². The number of carbonyl (C=O) groups excluding carboxylic acids is 2. The number of hydrogen-bond donors (Lipinski definition) is 2. The summed E-state index contributed by atoms with van der Waals surface area (Å²) in [4.78, 5) is 22.4. The summed E-state index contributed by atoms with van der Waals surface area (Å²) >= 11 is 0. The molecule has 1 heterocycles. The highest BCUT2D eigenvalue weighted by Crippen LogP contribution is 2.35. The number of aldehydes is 1. The molecule has 3 rings (SSSR count). The minimum Gasteiger partial charge on any atom is -0.360 e. The first-order chi connectivity index (χ1) is 9.72. The lowest BCUT2D eigenvalue weighted by Gasteiger charge is -2.05. The van der Waals surface area contributed by atoms with E-state index in [1.165, 1.54) is 6.20 Å². The van der Waals surface area contributed by atoms with Gasteiger partial charge >= 0.3 is 0 Å². The molecule has 5 heteroatoms. The molecule has 1 amide bonds. The van der Waals surface area contributed by atoms with E-state index in [2.05, 4.69) is 10.6 Å². The van der Waals surface area contributed by atoms with E-state index in [-0.39, 0.29) is 11.5 Å². The molecule has 0 unspecified atom stereocenters. The van der Waals surface area contributed by atoms with E-state index in [1.54, 1.807) is 12.1 Å². The second-order valence-electron chi connectivity index (χ2n) is 4.36. The molecule has 2 aromatic carbocycles. The van der Waals surface area contributed by atoms with Crippen LogP contribution in [0.25, 0.3) is 10.8 Å². The van der Waals surface area contributed by atoms with Crippen LogP contribution in [0.4, 0.5) is 11.4 Å². The van der Waals surface area contributed by atoms with E-state index >= 15 is 0 Å². The van der Waals surface area contributed by atoms with Gasteiger partial charge in [-0.15, -0.1) is 0 Å². The Hall–Kier alpha value is -3.13. The number of nitrogens with zero attached hydrogens (tertiary/aromatic N) is 1. The molecule has 0 aliphatic carbocycles. The Balaban J connectivity index is 2.09. The Bertz CT molecular complexity index is 816. The highest BCUT2D eigenvalue weighted by molar-refractivity contribution is 6.24. The maximum Gasteiger partial charge on any atom is 0.256 e. The summed E-state index contributed by atoms with van der Waals surface area (Å²) in [6.45, 7) is 0. The molecule has 0 fully saturated rings. The summed E-state index contributed by atoms with van der Waals surface area (Å²) in [5, 5.41) is 16.1. The van der Waals surface area contributed by atoms with Gasteiger partial charge in [0, 0.05) is 23.0 Å². The van der Waals surface area contributed by atoms with Crippen LogP contribution in [0.3, 0.4) is 0 Å². The molecular formula is C15H9N3O2. The molecule has 0 spiro atoms. The van der Waals surface area contributed by atoms with Crippen molar-refractivity contribution in [3.05, 3.63) is 47.7 Å². The number of rotatable bonds is 3. The maximum absolute atomic E-state index is 11.9. The maximum atomic E-state index is 11.9.